The molecule has 1 aliphatic carbocycles. The van der Waals surface area contributed by atoms with Gasteiger partial charge in [-0.15, -0.1) is 0 Å². The molecule has 11 atom stereocenters. The molecule has 4 amide bonds. The van der Waals surface area contributed by atoms with E-state index in [1.165, 1.54) is 7.11 Å². The monoisotopic (exact) mass is 757 g/mol. The van der Waals surface area contributed by atoms with Crippen LogP contribution in [0.4, 0.5) is 0 Å². The zero-order chi connectivity index (χ0) is 40.6. The largest absolute Gasteiger partial charge is 0.480 e. The number of aryl methyl sites for hydroxylation is 1. The number of likely N-dealkylation sites (tertiary alicyclic amines) is 1. The standard InChI is InChI=1S/C41H67N5O8/c1-13-25(7)36(45(10)40(50)35(23(4)5)44-39(49)34(42-9)22(2)3)32(53-11)21-33(47)46-30-19-28(30)20-31(46)37(54-12)26(8)38(48)43-29(41(51)52)18-27-16-14-24(6)15-17-27/h14-17,22-23,25-26,28-32,34-37,42H,13,18-21H2,1-12H3,(H,43,48)(H,44,49)(H,51,52)/t25?,26?,28-,29?,30-,31-,32?,34?,35?,36?,37?/m0/s1. The van der Waals surface area contributed by atoms with Crippen LogP contribution in [-0.2, 0) is 39.9 Å². The van der Waals surface area contributed by atoms with Gasteiger partial charge in [-0.05, 0) is 56.0 Å². The average Bonchev–Trinajstić information content (AvgIpc) is 3.78. The number of benzene rings is 1. The van der Waals surface area contributed by atoms with Crippen LogP contribution < -0.4 is 16.0 Å². The van der Waals surface area contributed by atoms with Crippen LogP contribution in [0.15, 0.2) is 24.3 Å². The average molecular weight is 758 g/mol. The lowest BCUT2D eigenvalue weighted by molar-refractivity contribution is -0.149. The van der Waals surface area contributed by atoms with Gasteiger partial charge < -0.3 is 40.3 Å². The molecule has 1 saturated heterocycles. The molecule has 304 valence electrons. The molecule has 2 aliphatic rings. The van der Waals surface area contributed by atoms with Crippen LogP contribution in [0.3, 0.4) is 0 Å². The molecule has 1 heterocycles. The Bertz CT molecular complexity index is 1440. The van der Waals surface area contributed by atoms with Gasteiger partial charge in [0.25, 0.3) is 0 Å². The predicted octanol–water partition coefficient (Wildman–Crippen LogP) is 3.41. The van der Waals surface area contributed by atoms with E-state index < -0.39 is 60.2 Å². The third-order valence-electron chi connectivity index (χ3n) is 11.7. The van der Waals surface area contributed by atoms with Gasteiger partial charge in [0.05, 0.1) is 42.7 Å². The van der Waals surface area contributed by atoms with Crippen molar-refractivity contribution in [3.63, 3.8) is 0 Å². The molecule has 8 unspecified atom stereocenters. The molecule has 54 heavy (non-hydrogen) atoms. The number of piperidine rings is 1. The predicted molar refractivity (Wildman–Crippen MR) is 207 cm³/mol. The second kappa shape index (κ2) is 19.9. The van der Waals surface area contributed by atoms with Crippen molar-refractivity contribution in [3.05, 3.63) is 35.4 Å². The molecule has 13 heteroatoms. The molecule has 1 aromatic carbocycles. The van der Waals surface area contributed by atoms with Gasteiger partial charge in [-0.2, -0.15) is 0 Å². The van der Waals surface area contributed by atoms with Crippen molar-refractivity contribution in [1.82, 2.24) is 25.8 Å². The Morgan fingerprint density at radius 2 is 1.52 bits per heavy atom. The lowest BCUT2D eigenvalue weighted by atomic mass is 9.89. The van der Waals surface area contributed by atoms with Crippen LogP contribution in [0.25, 0.3) is 0 Å². The van der Waals surface area contributed by atoms with Crippen molar-refractivity contribution in [1.29, 1.82) is 0 Å². The van der Waals surface area contributed by atoms with Gasteiger partial charge in [-0.1, -0.05) is 84.7 Å². The topological polar surface area (TPSA) is 167 Å². The van der Waals surface area contributed by atoms with E-state index in [2.05, 4.69) is 16.0 Å². The maximum Gasteiger partial charge on any atom is 0.326 e. The summed E-state index contributed by atoms with van der Waals surface area (Å²) in [6, 6.07) is 4.31. The van der Waals surface area contributed by atoms with Gasteiger partial charge in [0.15, 0.2) is 0 Å². The van der Waals surface area contributed by atoms with Gasteiger partial charge in [-0.25, -0.2) is 4.79 Å². The summed E-state index contributed by atoms with van der Waals surface area (Å²) >= 11 is 0. The number of aliphatic carboxylic acids is 1. The minimum Gasteiger partial charge on any atom is -0.480 e. The Labute approximate surface area is 322 Å². The van der Waals surface area contributed by atoms with Crippen molar-refractivity contribution in [2.75, 3.05) is 28.3 Å². The Kier molecular flexibility index (Phi) is 16.5. The Balaban J connectivity index is 1.80. The zero-order valence-electron chi connectivity index (χ0n) is 34.5. The summed E-state index contributed by atoms with van der Waals surface area (Å²) in [5, 5.41) is 18.7. The maximum atomic E-state index is 14.4. The number of carboxylic acid groups (broad SMARTS) is 1. The van der Waals surface area contributed by atoms with Gasteiger partial charge in [0.2, 0.25) is 23.6 Å². The second-order valence-electron chi connectivity index (χ2n) is 16.3. The number of likely N-dealkylation sites (N-methyl/N-ethyl adjacent to an activating group) is 2. The number of ether oxygens (including phenoxy) is 2. The summed E-state index contributed by atoms with van der Waals surface area (Å²) in [4.78, 5) is 71.1. The Morgan fingerprint density at radius 3 is 2.02 bits per heavy atom. The van der Waals surface area contributed by atoms with E-state index in [9.17, 15) is 29.1 Å². The highest BCUT2D eigenvalue weighted by Gasteiger charge is 2.57. The van der Waals surface area contributed by atoms with Gasteiger partial charge in [-0.3, -0.25) is 19.2 Å². The molecular formula is C41H67N5O8. The normalized spacial score (nSPS) is 22.3. The van der Waals surface area contributed by atoms with E-state index in [0.717, 1.165) is 24.0 Å². The summed E-state index contributed by atoms with van der Waals surface area (Å²) < 4.78 is 12.0. The molecule has 1 aliphatic heterocycles. The Hall–Kier alpha value is -3.55. The number of methoxy groups -OCH3 is 2. The van der Waals surface area contributed by atoms with Crippen LogP contribution in [0.2, 0.25) is 0 Å². The number of carboxylic acids is 1. The quantitative estimate of drug-likeness (QED) is 0.147. The third-order valence-corrected chi connectivity index (χ3v) is 11.7. The molecular weight excluding hydrogens is 690 g/mol. The fourth-order valence-electron chi connectivity index (χ4n) is 8.21. The molecule has 1 saturated carbocycles. The molecule has 3 rings (SSSR count). The number of rotatable bonds is 21. The molecule has 0 spiro atoms. The first-order valence-electron chi connectivity index (χ1n) is 19.6. The highest BCUT2D eigenvalue weighted by atomic mass is 16.5. The molecule has 0 aromatic heterocycles. The third kappa shape index (κ3) is 10.8. The van der Waals surface area contributed by atoms with E-state index in [4.69, 9.17) is 9.47 Å². The van der Waals surface area contributed by atoms with E-state index >= 15 is 0 Å². The van der Waals surface area contributed by atoms with E-state index in [1.807, 2.05) is 77.6 Å². The summed E-state index contributed by atoms with van der Waals surface area (Å²) in [7, 11) is 6.51. The van der Waals surface area contributed by atoms with Gasteiger partial charge >= 0.3 is 5.97 Å². The highest BCUT2D eigenvalue weighted by Crippen LogP contribution is 2.50. The minimum atomic E-state index is -1.13. The van der Waals surface area contributed by atoms with E-state index in [-0.39, 0.29) is 54.4 Å². The fraction of sp³-hybridized carbons (Fsp3) is 0.732. The molecule has 13 nitrogen and oxygen atoms in total. The van der Waals surface area contributed by atoms with Crippen molar-refractivity contribution < 1.29 is 38.6 Å². The number of nitrogens with one attached hydrogen (secondary N) is 3. The molecule has 0 bridgehead atoms. The minimum absolute atomic E-state index is 0.00534. The summed E-state index contributed by atoms with van der Waals surface area (Å²) in [5.74, 6) is -2.89. The molecule has 1 aromatic rings. The van der Waals surface area contributed by atoms with Gasteiger partial charge in [0.1, 0.15) is 12.1 Å². The van der Waals surface area contributed by atoms with Crippen molar-refractivity contribution in [2.45, 2.75) is 136 Å². The number of hydrogen-bond donors (Lipinski definition) is 4. The van der Waals surface area contributed by atoms with Crippen molar-refractivity contribution >= 4 is 29.6 Å². The summed E-state index contributed by atoms with van der Waals surface area (Å²) in [5.41, 5.74) is 1.85. The van der Waals surface area contributed by atoms with E-state index in [1.54, 1.807) is 33.0 Å². The number of amides is 4. The highest BCUT2D eigenvalue weighted by molar-refractivity contribution is 5.90. The molecule has 0 radical (unpaired) electrons. The first-order chi connectivity index (χ1) is 25.4. The summed E-state index contributed by atoms with van der Waals surface area (Å²) in [6.45, 7) is 15.4. The summed E-state index contributed by atoms with van der Waals surface area (Å²) in [6.07, 6.45) is 1.07. The number of carbonyl (C=O) groups is 5. The van der Waals surface area contributed by atoms with Crippen LogP contribution >= 0.6 is 0 Å². The van der Waals surface area contributed by atoms with Crippen LogP contribution in [0, 0.1) is 36.5 Å². The number of nitrogens with zero attached hydrogens (tertiary/aromatic N) is 2. The molecule has 2 fully saturated rings. The van der Waals surface area contributed by atoms with Crippen LogP contribution in [-0.4, -0.2) is 121 Å². The number of hydrogen-bond acceptors (Lipinski definition) is 8. The first kappa shape index (κ1) is 44.8. The van der Waals surface area contributed by atoms with Crippen LogP contribution in [0.1, 0.15) is 85.3 Å². The van der Waals surface area contributed by atoms with Gasteiger partial charge in [0, 0.05) is 33.7 Å². The lowest BCUT2D eigenvalue weighted by Gasteiger charge is -2.41. The SMILES string of the molecule is CCC(C)C(C(CC(=O)N1[C@H](C(OC)C(C)C(=O)NC(Cc2ccc(C)cc2)C(=O)O)C[C@@H]2C[C@@H]21)OC)N(C)C(=O)C(NC(=O)C(NC)C(C)C)C(C)C. The fourth-order valence-corrected chi connectivity index (χ4v) is 8.21. The number of fused-ring (bicyclic) bond motifs is 1. The lowest BCUT2D eigenvalue weighted by Crippen LogP contribution is -2.59. The first-order valence-corrected chi connectivity index (χ1v) is 19.6. The Morgan fingerprint density at radius 1 is 0.907 bits per heavy atom. The van der Waals surface area contributed by atoms with E-state index in [0.29, 0.717) is 12.3 Å². The van der Waals surface area contributed by atoms with Crippen molar-refractivity contribution in [2.24, 2.45) is 29.6 Å². The van der Waals surface area contributed by atoms with Crippen LogP contribution in [0.5, 0.6) is 0 Å². The second-order valence-corrected chi connectivity index (χ2v) is 16.3. The number of carbonyl (C=O) groups excluding carboxylic acids is 4. The smallest absolute Gasteiger partial charge is 0.326 e. The zero-order valence-corrected chi connectivity index (χ0v) is 34.5. The maximum absolute atomic E-state index is 14.4. The molecule has 4 N–H and O–H groups in total. The van der Waals surface area contributed by atoms with Crippen molar-refractivity contribution in [3.8, 4) is 0 Å².